The van der Waals surface area contributed by atoms with Crippen molar-refractivity contribution < 1.29 is 13.9 Å². The average Bonchev–Trinajstić information content (AvgIpc) is 3.17. The van der Waals surface area contributed by atoms with E-state index in [9.17, 15) is 13.9 Å². The highest BCUT2D eigenvalue weighted by molar-refractivity contribution is 6.30. The number of fused-ring (bicyclic) bond motifs is 1. The molecule has 3 aliphatic rings. The largest absolute Gasteiger partial charge is 0.378 e. The first kappa shape index (κ1) is 22.9. The van der Waals surface area contributed by atoms with Gasteiger partial charge in [0.05, 0.1) is 13.1 Å². The molecule has 2 aliphatic heterocycles. The van der Waals surface area contributed by atoms with Crippen LogP contribution in [0, 0.1) is 0 Å². The van der Waals surface area contributed by atoms with E-state index in [1.165, 1.54) is 5.56 Å². The van der Waals surface area contributed by atoms with Crippen molar-refractivity contribution in [2.24, 2.45) is 0 Å². The van der Waals surface area contributed by atoms with Gasteiger partial charge in [0, 0.05) is 54.9 Å². The first-order valence-corrected chi connectivity index (χ1v) is 12.0. The number of piperazine rings is 1. The van der Waals surface area contributed by atoms with Crippen LogP contribution in [0.25, 0.3) is 0 Å². The third-order valence-electron chi connectivity index (χ3n) is 7.26. The Bertz CT molecular complexity index is 975. The Labute approximate surface area is 198 Å². The second-order valence-corrected chi connectivity index (χ2v) is 10.1. The van der Waals surface area contributed by atoms with Crippen LogP contribution in [0.15, 0.2) is 30.6 Å². The normalized spacial score (nSPS) is 24.9. The summed E-state index contributed by atoms with van der Waals surface area (Å²) >= 11 is 6.05. The van der Waals surface area contributed by atoms with E-state index in [0.29, 0.717) is 30.6 Å². The van der Waals surface area contributed by atoms with Gasteiger partial charge in [0.25, 0.3) is 5.92 Å². The van der Waals surface area contributed by atoms with E-state index < -0.39 is 12.2 Å². The molecule has 1 aliphatic carbocycles. The van der Waals surface area contributed by atoms with E-state index in [1.807, 2.05) is 12.1 Å². The van der Waals surface area contributed by atoms with Crippen LogP contribution in [0.5, 0.6) is 0 Å². The SMILES string of the molecule is C[C@@H]1CCc2ncnc(N3CCN(C(O)C(CN4CC(F)(F)C4)c4ccc(Cl)cc4)CC3)c21. The quantitative estimate of drug-likeness (QED) is 0.688. The summed E-state index contributed by atoms with van der Waals surface area (Å²) in [4.78, 5) is 15.1. The van der Waals surface area contributed by atoms with E-state index in [4.69, 9.17) is 11.6 Å². The molecule has 2 saturated heterocycles. The van der Waals surface area contributed by atoms with Crippen molar-refractivity contribution in [1.82, 2.24) is 19.8 Å². The summed E-state index contributed by atoms with van der Waals surface area (Å²) in [6.45, 7) is 4.96. The summed E-state index contributed by atoms with van der Waals surface area (Å²) in [5.41, 5.74) is 3.33. The van der Waals surface area contributed by atoms with Crippen molar-refractivity contribution in [3.05, 3.63) is 52.4 Å². The zero-order chi connectivity index (χ0) is 23.2. The number of hydrogen-bond acceptors (Lipinski definition) is 6. The van der Waals surface area contributed by atoms with Crippen LogP contribution < -0.4 is 4.90 Å². The van der Waals surface area contributed by atoms with E-state index >= 15 is 0 Å². The highest BCUT2D eigenvalue weighted by atomic mass is 35.5. The van der Waals surface area contributed by atoms with Crippen LogP contribution in [0.2, 0.25) is 5.02 Å². The third kappa shape index (κ3) is 4.71. The molecule has 2 aromatic rings. The number of hydrogen-bond donors (Lipinski definition) is 1. The average molecular weight is 478 g/mol. The minimum atomic E-state index is -2.63. The van der Waals surface area contributed by atoms with Crippen LogP contribution in [0.3, 0.4) is 0 Å². The summed E-state index contributed by atoms with van der Waals surface area (Å²) in [5.74, 6) is -1.44. The molecule has 3 atom stereocenters. The van der Waals surface area contributed by atoms with Crippen molar-refractivity contribution in [2.45, 2.75) is 43.8 Å². The van der Waals surface area contributed by atoms with Crippen LogP contribution in [-0.4, -0.2) is 82.8 Å². The van der Waals surface area contributed by atoms with Crippen molar-refractivity contribution >= 4 is 17.4 Å². The van der Waals surface area contributed by atoms with E-state index in [2.05, 4.69) is 26.7 Å². The highest BCUT2D eigenvalue weighted by Gasteiger charge is 2.45. The number of alkyl halides is 2. The topological polar surface area (TPSA) is 55.7 Å². The summed E-state index contributed by atoms with van der Waals surface area (Å²) < 4.78 is 26.9. The second kappa shape index (κ2) is 9.06. The Morgan fingerprint density at radius 3 is 2.48 bits per heavy atom. The molecule has 3 heterocycles. The number of halogens is 3. The van der Waals surface area contributed by atoms with Crippen LogP contribution >= 0.6 is 11.6 Å². The lowest BCUT2D eigenvalue weighted by molar-refractivity contribution is -0.139. The lowest BCUT2D eigenvalue weighted by atomic mass is 9.93. The fourth-order valence-corrected chi connectivity index (χ4v) is 5.55. The Balaban J connectivity index is 1.28. The molecule has 178 valence electrons. The van der Waals surface area contributed by atoms with Gasteiger partial charge in [-0.1, -0.05) is 30.7 Å². The summed E-state index contributed by atoms with van der Waals surface area (Å²) in [5, 5.41) is 12.0. The molecule has 0 bridgehead atoms. The van der Waals surface area contributed by atoms with Gasteiger partial charge in [0.2, 0.25) is 0 Å². The molecule has 0 saturated carbocycles. The van der Waals surface area contributed by atoms with Crippen LogP contribution in [0.1, 0.15) is 42.0 Å². The van der Waals surface area contributed by atoms with Crippen molar-refractivity contribution in [3.8, 4) is 0 Å². The van der Waals surface area contributed by atoms with Gasteiger partial charge in [0.1, 0.15) is 18.4 Å². The number of nitrogens with zero attached hydrogens (tertiary/aromatic N) is 5. The zero-order valence-electron chi connectivity index (χ0n) is 18.8. The number of aryl methyl sites for hydroxylation is 1. The Kier molecular flexibility index (Phi) is 6.29. The molecular weight excluding hydrogens is 448 g/mol. The Morgan fingerprint density at radius 2 is 1.82 bits per heavy atom. The number of benzene rings is 1. The van der Waals surface area contributed by atoms with Crippen LogP contribution in [0.4, 0.5) is 14.6 Å². The van der Waals surface area contributed by atoms with Gasteiger partial charge >= 0.3 is 0 Å². The monoisotopic (exact) mass is 477 g/mol. The molecule has 2 fully saturated rings. The maximum atomic E-state index is 13.4. The Hall–Kier alpha value is -1.87. The van der Waals surface area contributed by atoms with E-state index in [-0.39, 0.29) is 19.0 Å². The fraction of sp³-hybridized carbons (Fsp3) is 0.583. The molecule has 1 aromatic carbocycles. The van der Waals surface area contributed by atoms with Crippen LogP contribution in [-0.2, 0) is 6.42 Å². The number of anilines is 1. The summed E-state index contributed by atoms with van der Waals surface area (Å²) in [6, 6.07) is 7.35. The van der Waals surface area contributed by atoms with Gasteiger partial charge in [-0.15, -0.1) is 0 Å². The molecule has 0 amide bonds. The molecule has 1 N–H and O–H groups in total. The predicted octanol–water partition coefficient (Wildman–Crippen LogP) is 3.35. The number of aliphatic hydroxyl groups excluding tert-OH is 1. The van der Waals surface area contributed by atoms with Gasteiger partial charge < -0.3 is 10.0 Å². The number of rotatable bonds is 6. The number of aliphatic hydroxyl groups is 1. The number of likely N-dealkylation sites (tertiary alicyclic amines) is 1. The highest BCUT2D eigenvalue weighted by Crippen LogP contribution is 2.38. The van der Waals surface area contributed by atoms with Crippen molar-refractivity contribution in [3.63, 3.8) is 0 Å². The maximum absolute atomic E-state index is 13.4. The second-order valence-electron chi connectivity index (χ2n) is 9.62. The minimum Gasteiger partial charge on any atom is -0.378 e. The lowest BCUT2D eigenvalue weighted by Crippen LogP contribution is -2.59. The molecule has 33 heavy (non-hydrogen) atoms. The summed E-state index contributed by atoms with van der Waals surface area (Å²) in [7, 11) is 0. The molecule has 6 nitrogen and oxygen atoms in total. The van der Waals surface area contributed by atoms with Crippen molar-refractivity contribution in [1.29, 1.82) is 0 Å². The minimum absolute atomic E-state index is 0.255. The lowest BCUT2D eigenvalue weighted by Gasteiger charge is -2.44. The first-order chi connectivity index (χ1) is 15.8. The standard InChI is InChI=1S/C24H30ClF2N5O/c1-16-2-7-20-21(16)22(29-15-28-20)31-8-10-32(11-9-31)23(33)19(12-30-13-24(26,27)14-30)17-3-5-18(25)6-4-17/h3-6,15-16,19,23,33H,2,7-14H2,1H3/t16-,19?,23?/m1/s1. The first-order valence-electron chi connectivity index (χ1n) is 11.7. The molecule has 2 unspecified atom stereocenters. The fourth-order valence-electron chi connectivity index (χ4n) is 5.42. The molecule has 1 aromatic heterocycles. The Morgan fingerprint density at radius 1 is 1.12 bits per heavy atom. The van der Waals surface area contributed by atoms with Gasteiger partial charge in [-0.05, 0) is 36.5 Å². The zero-order valence-corrected chi connectivity index (χ0v) is 19.6. The number of aromatic nitrogens is 2. The third-order valence-corrected chi connectivity index (χ3v) is 7.52. The van der Waals surface area contributed by atoms with Crippen molar-refractivity contribution in [2.75, 3.05) is 50.7 Å². The molecule has 9 heteroatoms. The smallest absolute Gasteiger partial charge is 0.272 e. The van der Waals surface area contributed by atoms with Gasteiger partial charge in [0.15, 0.2) is 0 Å². The molecular formula is C24H30ClF2N5O. The molecule has 5 rings (SSSR count). The molecule has 0 spiro atoms. The predicted molar refractivity (Wildman–Crippen MR) is 124 cm³/mol. The summed E-state index contributed by atoms with van der Waals surface area (Å²) in [6.07, 6.45) is 3.01. The maximum Gasteiger partial charge on any atom is 0.272 e. The van der Waals surface area contributed by atoms with Gasteiger partial charge in [-0.2, -0.15) is 0 Å². The van der Waals surface area contributed by atoms with E-state index in [0.717, 1.165) is 43.0 Å². The van der Waals surface area contributed by atoms with E-state index in [1.54, 1.807) is 23.4 Å². The van der Waals surface area contributed by atoms with Gasteiger partial charge in [-0.3, -0.25) is 9.80 Å². The molecule has 0 radical (unpaired) electrons. The van der Waals surface area contributed by atoms with Gasteiger partial charge in [-0.25, -0.2) is 18.7 Å².